The molecule has 3 rings (SSSR count). The molecule has 3 aromatic rings. The number of hydrogen-bond acceptors (Lipinski definition) is 3. The number of nitrogens with zero attached hydrogens (tertiary/aromatic N) is 3. The average Bonchev–Trinajstić information content (AvgIpc) is 3.02. The maximum Gasteiger partial charge on any atom is 0.254 e. The number of nitrogens with two attached hydrogens (primary N) is 1. The highest BCUT2D eigenvalue weighted by Crippen LogP contribution is 2.14. The van der Waals surface area contributed by atoms with E-state index in [2.05, 4.69) is 11.2 Å². The van der Waals surface area contributed by atoms with Crippen LogP contribution in [0.5, 0.6) is 0 Å². The highest BCUT2D eigenvalue weighted by atomic mass is 16.2. The lowest BCUT2D eigenvalue weighted by Crippen LogP contribution is -2.32. The van der Waals surface area contributed by atoms with E-state index in [1.54, 1.807) is 0 Å². The fraction of sp³-hybridized carbons (Fsp3) is 0.304. The molecule has 0 saturated heterocycles. The number of benzene rings is 2. The number of amides is 1. The average molecular weight is 377 g/mol. The number of aromatic nitrogens is 2. The first-order valence-corrected chi connectivity index (χ1v) is 9.70. The fourth-order valence-electron chi connectivity index (χ4n) is 3.33. The lowest BCUT2D eigenvalue weighted by molar-refractivity contribution is 0.0742. The van der Waals surface area contributed by atoms with E-state index in [9.17, 15) is 4.79 Å². The van der Waals surface area contributed by atoms with Crippen molar-refractivity contribution in [1.82, 2.24) is 14.7 Å². The molecule has 1 aromatic heterocycles. The van der Waals surface area contributed by atoms with Gasteiger partial charge in [-0.05, 0) is 56.1 Å². The molecule has 1 heterocycles. The van der Waals surface area contributed by atoms with Gasteiger partial charge in [-0.1, -0.05) is 42.5 Å². The van der Waals surface area contributed by atoms with Gasteiger partial charge in [-0.3, -0.25) is 9.48 Å². The topological polar surface area (TPSA) is 64.2 Å². The van der Waals surface area contributed by atoms with Crippen LogP contribution in [0.3, 0.4) is 0 Å². The van der Waals surface area contributed by atoms with Crippen LogP contribution in [-0.2, 0) is 13.1 Å². The van der Waals surface area contributed by atoms with Crippen molar-refractivity contribution in [3.05, 3.63) is 88.7 Å². The van der Waals surface area contributed by atoms with Gasteiger partial charge < -0.3 is 10.6 Å². The Kier molecular flexibility index (Phi) is 6.61. The smallest absolute Gasteiger partial charge is 0.254 e. The van der Waals surface area contributed by atoms with Crippen LogP contribution in [0.25, 0.3) is 0 Å². The number of rotatable bonds is 8. The second-order valence-corrected chi connectivity index (χ2v) is 7.14. The van der Waals surface area contributed by atoms with Gasteiger partial charge in [-0.15, -0.1) is 0 Å². The molecular weight excluding hydrogens is 348 g/mol. The van der Waals surface area contributed by atoms with Gasteiger partial charge in [-0.2, -0.15) is 5.10 Å². The molecule has 0 aliphatic carbocycles. The van der Waals surface area contributed by atoms with Gasteiger partial charge in [0.15, 0.2) is 0 Å². The van der Waals surface area contributed by atoms with Crippen LogP contribution in [0.1, 0.15) is 39.3 Å². The third kappa shape index (κ3) is 5.08. The SMILES string of the molecule is Cc1cc(C)n(Cc2cccc(C(=O)N(CCCN)Cc3ccccc3)c2)n1. The van der Waals surface area contributed by atoms with Crippen LogP contribution in [0.4, 0.5) is 0 Å². The van der Waals surface area contributed by atoms with Gasteiger partial charge in [0, 0.05) is 24.3 Å². The summed E-state index contributed by atoms with van der Waals surface area (Å²) >= 11 is 0. The van der Waals surface area contributed by atoms with E-state index in [0.29, 0.717) is 31.7 Å². The summed E-state index contributed by atoms with van der Waals surface area (Å²) in [6.45, 7) is 6.48. The Morgan fingerprint density at radius 1 is 1.04 bits per heavy atom. The van der Waals surface area contributed by atoms with Crippen molar-refractivity contribution >= 4 is 5.91 Å². The van der Waals surface area contributed by atoms with Crippen LogP contribution in [0, 0.1) is 13.8 Å². The van der Waals surface area contributed by atoms with E-state index in [4.69, 9.17) is 5.73 Å². The second kappa shape index (κ2) is 9.33. The lowest BCUT2D eigenvalue weighted by Gasteiger charge is -2.23. The zero-order valence-electron chi connectivity index (χ0n) is 16.6. The highest BCUT2D eigenvalue weighted by molar-refractivity contribution is 5.94. The lowest BCUT2D eigenvalue weighted by atomic mass is 10.1. The van der Waals surface area contributed by atoms with Crippen LogP contribution < -0.4 is 5.73 Å². The minimum Gasteiger partial charge on any atom is -0.334 e. The monoisotopic (exact) mass is 376 g/mol. The Morgan fingerprint density at radius 2 is 1.79 bits per heavy atom. The quantitative estimate of drug-likeness (QED) is 0.654. The number of carbonyl (C=O) groups excluding carboxylic acids is 1. The summed E-state index contributed by atoms with van der Waals surface area (Å²) in [7, 11) is 0. The van der Waals surface area contributed by atoms with Gasteiger partial charge >= 0.3 is 0 Å². The Balaban J connectivity index is 1.79. The number of aryl methyl sites for hydroxylation is 2. The summed E-state index contributed by atoms with van der Waals surface area (Å²) in [5, 5.41) is 4.52. The largest absolute Gasteiger partial charge is 0.334 e. The van der Waals surface area contributed by atoms with Crippen molar-refractivity contribution in [3.8, 4) is 0 Å². The summed E-state index contributed by atoms with van der Waals surface area (Å²) < 4.78 is 1.97. The standard InChI is InChI=1S/C23H28N4O/c1-18-14-19(2)27(25-18)17-21-10-6-11-22(15-21)23(28)26(13-7-12-24)16-20-8-4-3-5-9-20/h3-6,8-11,14-15H,7,12-13,16-17,24H2,1-2H3. The predicted octanol–water partition coefficient (Wildman–Crippen LogP) is 3.54. The van der Waals surface area contributed by atoms with Crippen LogP contribution in [0.2, 0.25) is 0 Å². The molecule has 146 valence electrons. The van der Waals surface area contributed by atoms with E-state index < -0.39 is 0 Å². The molecule has 2 aromatic carbocycles. The number of hydrogen-bond donors (Lipinski definition) is 1. The molecule has 0 atom stereocenters. The summed E-state index contributed by atoms with van der Waals surface area (Å²) in [6, 6.07) is 20.0. The van der Waals surface area contributed by atoms with E-state index in [1.165, 1.54) is 0 Å². The van der Waals surface area contributed by atoms with Crippen molar-refractivity contribution < 1.29 is 4.79 Å². The first kappa shape index (κ1) is 19.8. The zero-order chi connectivity index (χ0) is 19.9. The van der Waals surface area contributed by atoms with Crippen LogP contribution in [-0.4, -0.2) is 33.7 Å². The maximum atomic E-state index is 13.2. The van der Waals surface area contributed by atoms with Gasteiger partial charge in [0.25, 0.3) is 5.91 Å². The third-order valence-corrected chi connectivity index (χ3v) is 4.75. The molecule has 5 nitrogen and oxygen atoms in total. The molecule has 28 heavy (non-hydrogen) atoms. The molecule has 0 saturated carbocycles. The molecule has 0 aliphatic heterocycles. The van der Waals surface area contributed by atoms with Crippen molar-refractivity contribution in [2.45, 2.75) is 33.4 Å². The second-order valence-electron chi connectivity index (χ2n) is 7.14. The molecule has 2 N–H and O–H groups in total. The summed E-state index contributed by atoms with van der Waals surface area (Å²) in [5.74, 6) is 0.0347. The molecular formula is C23H28N4O. The first-order chi connectivity index (χ1) is 13.6. The molecule has 0 fully saturated rings. The predicted molar refractivity (Wildman–Crippen MR) is 112 cm³/mol. The summed E-state index contributed by atoms with van der Waals surface area (Å²) in [6.07, 6.45) is 0.782. The third-order valence-electron chi connectivity index (χ3n) is 4.75. The van der Waals surface area contributed by atoms with E-state index >= 15 is 0 Å². The minimum absolute atomic E-state index is 0.0347. The van der Waals surface area contributed by atoms with Crippen LogP contribution in [0.15, 0.2) is 60.7 Å². The Labute approximate surface area is 166 Å². The van der Waals surface area contributed by atoms with Gasteiger partial charge in [0.05, 0.1) is 12.2 Å². The van der Waals surface area contributed by atoms with E-state index in [1.807, 2.05) is 78.0 Å². The van der Waals surface area contributed by atoms with Crippen molar-refractivity contribution in [2.24, 2.45) is 5.73 Å². The Hall–Kier alpha value is -2.92. The summed E-state index contributed by atoms with van der Waals surface area (Å²) in [5.41, 5.74) is 10.7. The van der Waals surface area contributed by atoms with E-state index in [-0.39, 0.29) is 5.91 Å². The Bertz CT molecular complexity index is 917. The maximum absolute atomic E-state index is 13.2. The molecule has 5 heteroatoms. The van der Waals surface area contributed by atoms with Crippen molar-refractivity contribution in [1.29, 1.82) is 0 Å². The van der Waals surface area contributed by atoms with Crippen molar-refractivity contribution in [3.63, 3.8) is 0 Å². The molecule has 0 bridgehead atoms. The minimum atomic E-state index is 0.0347. The molecule has 0 spiro atoms. The van der Waals surface area contributed by atoms with Gasteiger partial charge in [0.2, 0.25) is 0 Å². The van der Waals surface area contributed by atoms with Crippen LogP contribution >= 0.6 is 0 Å². The normalized spacial score (nSPS) is 10.8. The Morgan fingerprint density at radius 3 is 2.46 bits per heavy atom. The molecule has 0 aliphatic rings. The first-order valence-electron chi connectivity index (χ1n) is 9.70. The van der Waals surface area contributed by atoms with Gasteiger partial charge in [0.1, 0.15) is 0 Å². The molecule has 0 radical (unpaired) electrons. The molecule has 1 amide bonds. The fourth-order valence-corrected chi connectivity index (χ4v) is 3.33. The number of carbonyl (C=O) groups is 1. The van der Waals surface area contributed by atoms with Gasteiger partial charge in [-0.25, -0.2) is 0 Å². The summed E-state index contributed by atoms with van der Waals surface area (Å²) in [4.78, 5) is 15.1. The zero-order valence-corrected chi connectivity index (χ0v) is 16.6. The molecule has 0 unspecified atom stereocenters. The van der Waals surface area contributed by atoms with Crippen molar-refractivity contribution in [2.75, 3.05) is 13.1 Å². The highest BCUT2D eigenvalue weighted by Gasteiger charge is 2.16. The van der Waals surface area contributed by atoms with E-state index in [0.717, 1.165) is 28.9 Å².